The van der Waals surface area contributed by atoms with Crippen molar-refractivity contribution in [3.05, 3.63) is 59.7 Å². The Balaban J connectivity index is 1.99. The molecule has 0 aliphatic heterocycles. The summed E-state index contributed by atoms with van der Waals surface area (Å²) in [4.78, 5) is 12.1. The summed E-state index contributed by atoms with van der Waals surface area (Å²) in [5, 5.41) is 12.3. The number of hydrogen-bond acceptors (Lipinski definition) is 6. The first kappa shape index (κ1) is 20.9. The van der Waals surface area contributed by atoms with Gasteiger partial charge in [-0.25, -0.2) is 13.8 Å². The van der Waals surface area contributed by atoms with Crippen molar-refractivity contribution < 1.29 is 17.9 Å². The van der Waals surface area contributed by atoms with Crippen LogP contribution in [-0.4, -0.2) is 39.9 Å². The van der Waals surface area contributed by atoms with E-state index in [9.17, 15) is 13.2 Å². The van der Waals surface area contributed by atoms with Crippen molar-refractivity contribution >= 4 is 27.8 Å². The van der Waals surface area contributed by atoms with Crippen molar-refractivity contribution in [3.63, 3.8) is 0 Å². The number of carbonyl (C=O) groups excluding carboxylic acids is 1. The van der Waals surface area contributed by atoms with Crippen molar-refractivity contribution in [2.24, 2.45) is 5.10 Å². The number of ether oxygens (including phenoxy) is 1. The molecule has 2 aromatic rings. The summed E-state index contributed by atoms with van der Waals surface area (Å²) >= 11 is 0. The molecule has 1 amide bonds. The molecule has 28 heavy (non-hydrogen) atoms. The highest BCUT2D eigenvalue weighted by atomic mass is 32.2. The monoisotopic (exact) mass is 400 g/mol. The van der Waals surface area contributed by atoms with Crippen LogP contribution in [0.2, 0.25) is 0 Å². The van der Waals surface area contributed by atoms with Crippen LogP contribution in [0.3, 0.4) is 0 Å². The maximum Gasteiger partial charge on any atom is 0.260 e. The van der Waals surface area contributed by atoms with E-state index in [-0.39, 0.29) is 13.2 Å². The Labute approximate surface area is 164 Å². The molecule has 8 nitrogen and oxygen atoms in total. The van der Waals surface area contributed by atoms with Crippen molar-refractivity contribution in [3.8, 4) is 11.8 Å². The predicted octanol–water partition coefficient (Wildman–Crippen LogP) is 1.81. The number of nitrogens with one attached hydrogen (secondary N) is 1. The molecule has 0 spiro atoms. The number of rotatable bonds is 8. The fourth-order valence-electron chi connectivity index (χ4n) is 2.29. The number of anilines is 1. The average Bonchev–Trinajstić information content (AvgIpc) is 2.64. The Bertz CT molecular complexity index is 995. The third-order valence-corrected chi connectivity index (χ3v) is 4.70. The van der Waals surface area contributed by atoms with E-state index in [0.717, 1.165) is 16.1 Å². The number of hydrogen-bond donors (Lipinski definition) is 1. The average molecular weight is 400 g/mol. The first-order valence-electron chi connectivity index (χ1n) is 8.25. The van der Waals surface area contributed by atoms with Crippen LogP contribution in [0, 0.1) is 18.3 Å². The molecule has 0 heterocycles. The molecule has 0 unspecified atom stereocenters. The minimum atomic E-state index is -3.64. The van der Waals surface area contributed by atoms with Crippen LogP contribution in [-0.2, 0) is 14.8 Å². The van der Waals surface area contributed by atoms with E-state index in [4.69, 9.17) is 10.00 Å². The number of amides is 1. The number of nitrogens with zero attached hydrogens (tertiary/aromatic N) is 3. The van der Waals surface area contributed by atoms with Crippen molar-refractivity contribution in [2.45, 2.75) is 6.92 Å². The van der Waals surface area contributed by atoms with Crippen LogP contribution >= 0.6 is 0 Å². The standard InChI is InChI=1S/C19H20N4O4S/c1-15-4-3-5-17(12-15)23(28(2,25)26)14-19(24)22-21-13-16-6-8-18(9-7-16)27-11-10-20/h3-9,12-13H,11,14H2,1-2H3,(H,22,24)/b21-13-. The molecule has 146 valence electrons. The Morgan fingerprint density at radius 1 is 1.29 bits per heavy atom. The Kier molecular flexibility index (Phi) is 7.12. The van der Waals surface area contributed by atoms with Crippen LogP contribution in [0.15, 0.2) is 53.6 Å². The summed E-state index contributed by atoms with van der Waals surface area (Å²) in [5.74, 6) is -0.0261. The summed E-state index contributed by atoms with van der Waals surface area (Å²) in [6.45, 7) is 1.41. The number of benzene rings is 2. The highest BCUT2D eigenvalue weighted by Crippen LogP contribution is 2.18. The van der Waals surface area contributed by atoms with Gasteiger partial charge in [0.1, 0.15) is 18.4 Å². The van der Waals surface area contributed by atoms with E-state index in [1.54, 1.807) is 42.5 Å². The van der Waals surface area contributed by atoms with Crippen LogP contribution in [0.4, 0.5) is 5.69 Å². The number of aryl methyl sites for hydroxylation is 1. The number of sulfonamides is 1. The lowest BCUT2D eigenvalue weighted by atomic mass is 10.2. The second kappa shape index (κ2) is 9.53. The van der Waals surface area contributed by atoms with Gasteiger partial charge >= 0.3 is 0 Å². The Hall–Kier alpha value is -3.38. The lowest BCUT2D eigenvalue weighted by molar-refractivity contribution is -0.119. The summed E-state index contributed by atoms with van der Waals surface area (Å²) < 4.78 is 30.3. The summed E-state index contributed by atoms with van der Waals surface area (Å²) in [6.07, 6.45) is 2.46. The van der Waals surface area contributed by atoms with E-state index in [1.165, 1.54) is 6.21 Å². The highest BCUT2D eigenvalue weighted by Gasteiger charge is 2.20. The van der Waals surface area contributed by atoms with Gasteiger partial charge in [0.25, 0.3) is 5.91 Å². The van der Waals surface area contributed by atoms with Gasteiger partial charge in [-0.05, 0) is 54.4 Å². The second-order valence-corrected chi connectivity index (χ2v) is 7.82. The molecule has 2 aromatic carbocycles. The first-order valence-corrected chi connectivity index (χ1v) is 10.1. The van der Waals surface area contributed by atoms with Crippen molar-refractivity contribution in [1.29, 1.82) is 5.26 Å². The molecule has 0 radical (unpaired) electrons. The molecule has 0 fully saturated rings. The summed E-state index contributed by atoms with van der Waals surface area (Å²) in [6, 6.07) is 15.5. The van der Waals surface area contributed by atoms with Gasteiger partial charge in [0, 0.05) is 0 Å². The molecular weight excluding hydrogens is 380 g/mol. The molecular formula is C19H20N4O4S. The molecule has 2 rings (SSSR count). The fraction of sp³-hybridized carbons (Fsp3) is 0.211. The minimum absolute atomic E-state index is 0.0404. The van der Waals surface area contributed by atoms with E-state index in [2.05, 4.69) is 10.5 Å². The van der Waals surface area contributed by atoms with E-state index in [1.807, 2.05) is 19.1 Å². The molecule has 1 N–H and O–H groups in total. The predicted molar refractivity (Wildman–Crippen MR) is 107 cm³/mol. The molecule has 9 heteroatoms. The first-order chi connectivity index (χ1) is 13.3. The van der Waals surface area contributed by atoms with Gasteiger partial charge in [0.2, 0.25) is 10.0 Å². The zero-order valence-electron chi connectivity index (χ0n) is 15.5. The third-order valence-electron chi connectivity index (χ3n) is 3.56. The minimum Gasteiger partial charge on any atom is -0.479 e. The molecule has 0 bridgehead atoms. The lowest BCUT2D eigenvalue weighted by Crippen LogP contribution is -2.39. The SMILES string of the molecule is Cc1cccc(N(CC(=O)N/N=C\c2ccc(OCC#N)cc2)S(C)(=O)=O)c1. The van der Waals surface area contributed by atoms with Gasteiger partial charge in [-0.15, -0.1) is 0 Å². The number of hydrazone groups is 1. The Morgan fingerprint density at radius 3 is 2.61 bits per heavy atom. The molecule has 0 saturated carbocycles. The smallest absolute Gasteiger partial charge is 0.260 e. The zero-order chi connectivity index (χ0) is 20.6. The summed E-state index contributed by atoms with van der Waals surface area (Å²) in [5.41, 5.74) is 4.31. The van der Waals surface area contributed by atoms with Crippen molar-refractivity contribution in [2.75, 3.05) is 23.7 Å². The quantitative estimate of drug-likeness (QED) is 0.536. The van der Waals surface area contributed by atoms with E-state index < -0.39 is 15.9 Å². The maximum atomic E-state index is 12.1. The van der Waals surface area contributed by atoms with Crippen LogP contribution in [0.1, 0.15) is 11.1 Å². The highest BCUT2D eigenvalue weighted by molar-refractivity contribution is 7.92. The second-order valence-electron chi connectivity index (χ2n) is 5.92. The van der Waals surface area contributed by atoms with Crippen molar-refractivity contribution in [1.82, 2.24) is 5.43 Å². The van der Waals surface area contributed by atoms with Crippen LogP contribution < -0.4 is 14.5 Å². The third kappa shape index (κ3) is 6.41. The molecule has 0 atom stereocenters. The normalized spacial score (nSPS) is 11.0. The van der Waals surface area contributed by atoms with Gasteiger partial charge < -0.3 is 4.74 Å². The largest absolute Gasteiger partial charge is 0.479 e. The van der Waals surface area contributed by atoms with Gasteiger partial charge in [0.05, 0.1) is 18.2 Å². The van der Waals surface area contributed by atoms with E-state index >= 15 is 0 Å². The molecule has 0 aliphatic carbocycles. The van der Waals surface area contributed by atoms with Gasteiger partial charge in [-0.2, -0.15) is 10.4 Å². The van der Waals surface area contributed by atoms with Gasteiger partial charge in [-0.1, -0.05) is 12.1 Å². The topological polar surface area (TPSA) is 112 Å². The summed E-state index contributed by atoms with van der Waals surface area (Å²) in [7, 11) is -3.64. The van der Waals surface area contributed by atoms with Gasteiger partial charge in [-0.3, -0.25) is 9.10 Å². The van der Waals surface area contributed by atoms with Crippen LogP contribution in [0.25, 0.3) is 0 Å². The van der Waals surface area contributed by atoms with E-state index in [0.29, 0.717) is 17.0 Å². The number of nitriles is 1. The lowest BCUT2D eigenvalue weighted by Gasteiger charge is -2.21. The zero-order valence-corrected chi connectivity index (χ0v) is 16.3. The maximum absolute atomic E-state index is 12.1. The number of carbonyl (C=O) groups is 1. The molecule has 0 aliphatic rings. The van der Waals surface area contributed by atoms with Gasteiger partial charge in [0.15, 0.2) is 6.61 Å². The van der Waals surface area contributed by atoms with Crippen LogP contribution in [0.5, 0.6) is 5.75 Å². The fourth-order valence-corrected chi connectivity index (χ4v) is 3.14. The Morgan fingerprint density at radius 2 is 2.00 bits per heavy atom. The molecule has 0 saturated heterocycles. The molecule has 0 aromatic heterocycles.